The molecule has 0 aromatic carbocycles. The van der Waals surface area contributed by atoms with Gasteiger partial charge in [-0.15, -0.1) is 0 Å². The molecule has 0 saturated heterocycles. The van der Waals surface area contributed by atoms with Gasteiger partial charge >= 0.3 is 23.5 Å². The molecule has 0 unspecified atom stereocenters. The lowest BCUT2D eigenvalue weighted by atomic mass is 10.1. The number of hydrogen-bond acceptors (Lipinski definition) is 8. The van der Waals surface area contributed by atoms with E-state index in [1.54, 1.807) is 0 Å². The van der Waals surface area contributed by atoms with Gasteiger partial charge < -0.3 is 40.2 Å². The molecule has 3 atom stereocenters. The van der Waals surface area contributed by atoms with E-state index in [2.05, 4.69) is 13.6 Å². The third-order valence-electron chi connectivity index (χ3n) is 1.91. The molecule has 0 aliphatic rings. The molecule has 0 bridgehead atoms. The van der Waals surface area contributed by atoms with Crippen molar-refractivity contribution < 1.29 is 66.5 Å². The van der Waals surface area contributed by atoms with E-state index in [1.807, 2.05) is 0 Å². The molecule has 138 valence electrons. The Hall–Kier alpha value is -0.240. The number of carbonyl (C=O) groups excluding carboxylic acids is 1. The monoisotopic (exact) mass is 405 g/mol. The maximum Gasteiger partial charge on any atom is 0.470 e. The predicted molar refractivity (Wildman–Crippen MR) is 67.0 cm³/mol. The van der Waals surface area contributed by atoms with Crippen molar-refractivity contribution in [1.82, 2.24) is 0 Å². The number of aliphatic hydroxyl groups excluding tert-OH is 1. The molecule has 0 radical (unpaired) electrons. The minimum Gasteiger partial charge on any atom is -0.394 e. The van der Waals surface area contributed by atoms with Gasteiger partial charge in [-0.1, -0.05) is 0 Å². The van der Waals surface area contributed by atoms with Crippen molar-refractivity contribution in [2.75, 3.05) is 6.61 Å². The van der Waals surface area contributed by atoms with Gasteiger partial charge in [-0.3, -0.25) is 18.4 Å². The second kappa shape index (κ2) is 8.23. The molecule has 23 heavy (non-hydrogen) atoms. The van der Waals surface area contributed by atoms with Gasteiger partial charge in [0.2, 0.25) is 5.91 Å². The van der Waals surface area contributed by atoms with Crippen molar-refractivity contribution in [3.8, 4) is 0 Å². The van der Waals surface area contributed by atoms with Crippen LogP contribution in [0.1, 0.15) is 0 Å². The van der Waals surface area contributed by atoms with Gasteiger partial charge in [0.1, 0.15) is 12.2 Å². The number of aliphatic hydroxyl groups is 1. The molecule has 0 heterocycles. The fraction of sp³-hybridized carbons (Fsp3) is 0.800. The first-order chi connectivity index (χ1) is 10.1. The SMILES string of the molecule is NC(=O)[C@@H](OP(=O)(O)O)[C@@H](OP(=O)(O)O)[C@@H](CO)OP(=O)(O)O. The first kappa shape index (κ1) is 22.8. The van der Waals surface area contributed by atoms with Crippen LogP contribution in [0, 0.1) is 0 Å². The number of hydrogen-bond donors (Lipinski definition) is 8. The molecule has 0 fully saturated rings. The van der Waals surface area contributed by atoms with Gasteiger partial charge in [-0.25, -0.2) is 13.7 Å². The first-order valence-electron chi connectivity index (χ1n) is 5.18. The zero-order valence-corrected chi connectivity index (χ0v) is 13.5. The number of phosphoric acid groups is 3. The van der Waals surface area contributed by atoms with E-state index >= 15 is 0 Å². The molecule has 0 aromatic heterocycles. The number of rotatable bonds is 10. The Balaban J connectivity index is 5.79. The fourth-order valence-corrected chi connectivity index (χ4v) is 2.89. The highest BCUT2D eigenvalue weighted by Gasteiger charge is 2.45. The van der Waals surface area contributed by atoms with Crippen LogP contribution in [0.15, 0.2) is 0 Å². The lowest BCUT2D eigenvalue weighted by molar-refractivity contribution is -0.136. The lowest BCUT2D eigenvalue weighted by Gasteiger charge is -2.30. The molecule has 1 amide bonds. The summed E-state index contributed by atoms with van der Waals surface area (Å²) in [6.45, 7) is -1.40. The van der Waals surface area contributed by atoms with E-state index in [-0.39, 0.29) is 0 Å². The molecule has 18 heteroatoms. The van der Waals surface area contributed by atoms with E-state index < -0.39 is 54.3 Å². The Morgan fingerprint density at radius 3 is 1.52 bits per heavy atom. The van der Waals surface area contributed by atoms with E-state index in [9.17, 15) is 18.5 Å². The van der Waals surface area contributed by atoms with Crippen molar-refractivity contribution in [3.63, 3.8) is 0 Å². The summed E-state index contributed by atoms with van der Waals surface area (Å²) < 4.78 is 44.2. The number of phosphoric ester groups is 3. The van der Waals surface area contributed by atoms with Crippen LogP contribution >= 0.6 is 23.5 Å². The van der Waals surface area contributed by atoms with Gasteiger partial charge in [-0.05, 0) is 0 Å². The Morgan fingerprint density at radius 1 is 0.870 bits per heavy atom. The van der Waals surface area contributed by atoms with Crippen LogP contribution in [-0.2, 0) is 32.1 Å². The van der Waals surface area contributed by atoms with E-state index in [1.165, 1.54) is 0 Å². The summed E-state index contributed by atoms with van der Waals surface area (Å²) in [4.78, 5) is 63.2. The highest BCUT2D eigenvalue weighted by molar-refractivity contribution is 7.47. The Morgan fingerprint density at radius 2 is 1.26 bits per heavy atom. The summed E-state index contributed by atoms with van der Waals surface area (Å²) in [5.74, 6) is -1.74. The van der Waals surface area contributed by atoms with E-state index in [0.717, 1.165) is 0 Å². The van der Waals surface area contributed by atoms with Crippen molar-refractivity contribution >= 4 is 29.4 Å². The normalized spacial score (nSPS) is 17.5. The first-order valence-corrected chi connectivity index (χ1v) is 9.77. The van der Waals surface area contributed by atoms with Gasteiger partial charge in [0.25, 0.3) is 0 Å². The highest BCUT2D eigenvalue weighted by atomic mass is 31.2. The maximum absolute atomic E-state index is 11.2. The second-order valence-corrected chi connectivity index (χ2v) is 7.37. The molecule has 9 N–H and O–H groups in total. The average Bonchev–Trinajstić information content (AvgIpc) is 2.26. The Labute approximate surface area is 127 Å². The van der Waals surface area contributed by atoms with Gasteiger partial charge in [0, 0.05) is 0 Å². The molecular weight excluding hydrogens is 391 g/mol. The van der Waals surface area contributed by atoms with Gasteiger partial charge in [0.15, 0.2) is 6.10 Å². The predicted octanol–water partition coefficient (Wildman–Crippen LogP) is -3.10. The molecule has 0 rings (SSSR count). The van der Waals surface area contributed by atoms with Crippen molar-refractivity contribution in [1.29, 1.82) is 0 Å². The van der Waals surface area contributed by atoms with Crippen molar-refractivity contribution in [2.45, 2.75) is 18.3 Å². The molecule has 0 aromatic rings. The van der Waals surface area contributed by atoms with Crippen molar-refractivity contribution in [2.24, 2.45) is 5.73 Å². The number of amides is 1. The topological polar surface area (TPSA) is 264 Å². The third kappa shape index (κ3) is 10.3. The number of primary amides is 1. The quantitative estimate of drug-likeness (QED) is 0.167. The summed E-state index contributed by atoms with van der Waals surface area (Å²) in [5, 5.41) is 8.98. The molecular formula is C5H14NO14P3. The summed E-state index contributed by atoms with van der Waals surface area (Å²) in [6.07, 6.45) is -7.54. The minimum atomic E-state index is -5.50. The number of nitrogens with two attached hydrogens (primary N) is 1. The zero-order chi connectivity index (χ0) is 18.6. The molecule has 0 aliphatic carbocycles. The molecule has 0 saturated carbocycles. The van der Waals surface area contributed by atoms with E-state index in [4.69, 9.17) is 40.2 Å². The van der Waals surface area contributed by atoms with Gasteiger partial charge in [0.05, 0.1) is 6.61 Å². The Kier molecular flexibility index (Phi) is 8.14. The van der Waals surface area contributed by atoms with Crippen LogP contribution in [0.2, 0.25) is 0 Å². The fourth-order valence-electron chi connectivity index (χ4n) is 1.27. The summed E-state index contributed by atoms with van der Waals surface area (Å²) in [6, 6.07) is 0. The molecule has 15 nitrogen and oxygen atoms in total. The summed E-state index contributed by atoms with van der Waals surface area (Å²) in [5.41, 5.74) is 4.75. The number of carbonyl (C=O) groups is 1. The molecule has 0 spiro atoms. The largest absolute Gasteiger partial charge is 0.470 e. The Bertz CT molecular complexity index is 545. The van der Waals surface area contributed by atoms with Crippen LogP contribution in [0.5, 0.6) is 0 Å². The van der Waals surface area contributed by atoms with Crippen LogP contribution in [0.25, 0.3) is 0 Å². The smallest absolute Gasteiger partial charge is 0.394 e. The second-order valence-electron chi connectivity index (χ2n) is 3.80. The van der Waals surface area contributed by atoms with Crippen LogP contribution in [-0.4, -0.2) is 65.3 Å². The van der Waals surface area contributed by atoms with Gasteiger partial charge in [-0.2, -0.15) is 0 Å². The summed E-state index contributed by atoms with van der Waals surface area (Å²) >= 11 is 0. The minimum absolute atomic E-state index is 1.40. The van der Waals surface area contributed by atoms with Crippen LogP contribution < -0.4 is 5.73 Å². The van der Waals surface area contributed by atoms with Crippen molar-refractivity contribution in [3.05, 3.63) is 0 Å². The van der Waals surface area contributed by atoms with E-state index in [0.29, 0.717) is 0 Å². The lowest BCUT2D eigenvalue weighted by Crippen LogP contribution is -2.49. The molecule has 0 aliphatic heterocycles. The maximum atomic E-state index is 11.2. The highest BCUT2D eigenvalue weighted by Crippen LogP contribution is 2.46. The average molecular weight is 405 g/mol. The zero-order valence-electron chi connectivity index (χ0n) is 10.8. The third-order valence-corrected chi connectivity index (χ3v) is 3.47. The van der Waals surface area contributed by atoms with Crippen LogP contribution in [0.3, 0.4) is 0 Å². The summed E-state index contributed by atoms with van der Waals surface area (Å²) in [7, 11) is -16.3. The van der Waals surface area contributed by atoms with Crippen LogP contribution in [0.4, 0.5) is 0 Å². The standard InChI is InChI=1S/C5H14NO14P3/c6-5(8)4(20-23(15,16)17)3(19-22(12,13)14)2(1-7)18-21(9,10)11/h2-4,7H,1H2,(H2,6,8)(H2,9,10,11)(H2,12,13,14)(H2,15,16,17)/t2-,3+,4+/m1/s1.